The molecule has 1 fully saturated rings. The van der Waals surface area contributed by atoms with Crippen molar-refractivity contribution in [2.75, 3.05) is 23.3 Å². The van der Waals surface area contributed by atoms with Crippen LogP contribution in [0.1, 0.15) is 19.3 Å². The standard InChI is InChI=1S/C11H14ClN3/c12-8-6-10-11(14-7-8)15(9-2-3-9)5-1-4-13-10/h6-7,9,13H,1-5H2. The van der Waals surface area contributed by atoms with Gasteiger partial charge in [-0.3, -0.25) is 0 Å². The molecule has 0 bridgehead atoms. The number of pyridine rings is 1. The van der Waals surface area contributed by atoms with Gasteiger partial charge in [-0.1, -0.05) is 11.6 Å². The van der Waals surface area contributed by atoms with Gasteiger partial charge in [-0.25, -0.2) is 4.98 Å². The number of nitrogens with zero attached hydrogens (tertiary/aromatic N) is 2. The molecule has 2 heterocycles. The summed E-state index contributed by atoms with van der Waals surface area (Å²) >= 11 is 5.95. The van der Waals surface area contributed by atoms with E-state index >= 15 is 0 Å². The van der Waals surface area contributed by atoms with Gasteiger partial charge in [0.15, 0.2) is 5.82 Å². The number of fused-ring (bicyclic) bond motifs is 1. The molecule has 0 spiro atoms. The zero-order valence-corrected chi connectivity index (χ0v) is 9.30. The molecule has 3 nitrogen and oxygen atoms in total. The molecular weight excluding hydrogens is 210 g/mol. The highest BCUT2D eigenvalue weighted by Crippen LogP contribution is 2.36. The lowest BCUT2D eigenvalue weighted by molar-refractivity contribution is 0.751. The molecule has 4 heteroatoms. The van der Waals surface area contributed by atoms with E-state index in [9.17, 15) is 0 Å². The third-order valence-electron chi connectivity index (χ3n) is 2.98. The minimum atomic E-state index is 0.707. The van der Waals surface area contributed by atoms with Crippen molar-refractivity contribution in [2.45, 2.75) is 25.3 Å². The molecule has 15 heavy (non-hydrogen) atoms. The second-order valence-corrected chi connectivity index (χ2v) is 4.67. The van der Waals surface area contributed by atoms with Gasteiger partial charge in [0.05, 0.1) is 10.7 Å². The molecule has 0 saturated heterocycles. The zero-order valence-electron chi connectivity index (χ0n) is 8.54. The van der Waals surface area contributed by atoms with Gasteiger partial charge in [0, 0.05) is 25.3 Å². The SMILES string of the molecule is Clc1cnc2c(c1)NCCCN2C1CC1. The van der Waals surface area contributed by atoms with E-state index in [-0.39, 0.29) is 0 Å². The molecule has 0 aromatic carbocycles. The highest BCUT2D eigenvalue weighted by atomic mass is 35.5. The zero-order chi connectivity index (χ0) is 10.3. The van der Waals surface area contributed by atoms with E-state index in [1.165, 1.54) is 19.3 Å². The summed E-state index contributed by atoms with van der Waals surface area (Å²) in [5.74, 6) is 1.08. The van der Waals surface area contributed by atoms with Crippen LogP contribution < -0.4 is 10.2 Å². The minimum absolute atomic E-state index is 0.707. The van der Waals surface area contributed by atoms with Crippen molar-refractivity contribution >= 4 is 23.1 Å². The van der Waals surface area contributed by atoms with Crippen LogP contribution in [0.15, 0.2) is 12.3 Å². The molecule has 1 saturated carbocycles. The predicted octanol–water partition coefficient (Wildman–Crippen LogP) is 2.52. The van der Waals surface area contributed by atoms with Crippen LogP contribution >= 0.6 is 11.6 Å². The maximum atomic E-state index is 5.95. The van der Waals surface area contributed by atoms with Crippen LogP contribution in [0, 0.1) is 0 Å². The average Bonchev–Trinajstić information content (AvgIpc) is 3.01. The Morgan fingerprint density at radius 1 is 1.47 bits per heavy atom. The Morgan fingerprint density at radius 3 is 3.13 bits per heavy atom. The summed E-state index contributed by atoms with van der Waals surface area (Å²) in [6.45, 7) is 2.12. The summed E-state index contributed by atoms with van der Waals surface area (Å²) in [4.78, 5) is 6.88. The van der Waals surface area contributed by atoms with Crippen LogP contribution in [0.5, 0.6) is 0 Å². The summed E-state index contributed by atoms with van der Waals surface area (Å²) in [7, 11) is 0. The number of nitrogens with one attached hydrogen (secondary N) is 1. The topological polar surface area (TPSA) is 28.2 Å². The second-order valence-electron chi connectivity index (χ2n) is 4.23. The Balaban J connectivity index is 2.00. The van der Waals surface area contributed by atoms with Crippen LogP contribution in [0.2, 0.25) is 5.02 Å². The summed E-state index contributed by atoms with van der Waals surface area (Å²) in [5.41, 5.74) is 1.09. The van der Waals surface area contributed by atoms with Gasteiger partial charge >= 0.3 is 0 Å². The molecule has 0 radical (unpaired) electrons. The van der Waals surface area contributed by atoms with E-state index in [0.717, 1.165) is 30.6 Å². The van der Waals surface area contributed by atoms with E-state index in [0.29, 0.717) is 5.02 Å². The maximum Gasteiger partial charge on any atom is 0.152 e. The third kappa shape index (κ3) is 1.76. The molecule has 0 amide bonds. The molecule has 0 atom stereocenters. The van der Waals surface area contributed by atoms with E-state index in [2.05, 4.69) is 15.2 Å². The lowest BCUT2D eigenvalue weighted by atomic mass is 10.3. The van der Waals surface area contributed by atoms with Gasteiger partial charge in [0.1, 0.15) is 0 Å². The number of halogens is 1. The number of hydrogen-bond donors (Lipinski definition) is 1. The van der Waals surface area contributed by atoms with Crippen molar-refractivity contribution in [1.82, 2.24) is 4.98 Å². The quantitative estimate of drug-likeness (QED) is 0.793. The Labute approximate surface area is 94.4 Å². The van der Waals surface area contributed by atoms with Gasteiger partial charge in [-0.05, 0) is 25.3 Å². The second kappa shape index (κ2) is 3.56. The molecule has 2 aliphatic rings. The van der Waals surface area contributed by atoms with Crippen molar-refractivity contribution in [2.24, 2.45) is 0 Å². The van der Waals surface area contributed by atoms with Crippen molar-refractivity contribution in [1.29, 1.82) is 0 Å². The molecule has 3 rings (SSSR count). The van der Waals surface area contributed by atoms with Crippen LogP contribution in [0.3, 0.4) is 0 Å². The first kappa shape index (κ1) is 9.28. The fourth-order valence-corrected chi connectivity index (χ4v) is 2.27. The summed E-state index contributed by atoms with van der Waals surface area (Å²) in [6, 6.07) is 2.70. The summed E-state index contributed by atoms with van der Waals surface area (Å²) in [6.07, 6.45) is 5.53. The fourth-order valence-electron chi connectivity index (χ4n) is 2.11. The molecule has 1 aliphatic carbocycles. The summed E-state index contributed by atoms with van der Waals surface area (Å²) in [5, 5.41) is 4.10. The first-order chi connectivity index (χ1) is 7.34. The van der Waals surface area contributed by atoms with Crippen LogP contribution in [-0.4, -0.2) is 24.1 Å². The van der Waals surface area contributed by atoms with Gasteiger partial charge in [-0.15, -0.1) is 0 Å². The molecule has 1 N–H and O–H groups in total. The van der Waals surface area contributed by atoms with Gasteiger partial charge < -0.3 is 10.2 Å². The smallest absolute Gasteiger partial charge is 0.152 e. The number of hydrogen-bond acceptors (Lipinski definition) is 3. The lowest BCUT2D eigenvalue weighted by Crippen LogP contribution is -2.27. The monoisotopic (exact) mass is 223 g/mol. The van der Waals surface area contributed by atoms with E-state index < -0.39 is 0 Å². The van der Waals surface area contributed by atoms with E-state index in [1.807, 2.05) is 6.07 Å². The minimum Gasteiger partial charge on any atom is -0.382 e. The predicted molar refractivity (Wildman–Crippen MR) is 62.7 cm³/mol. The third-order valence-corrected chi connectivity index (χ3v) is 3.19. The van der Waals surface area contributed by atoms with Crippen molar-refractivity contribution in [3.05, 3.63) is 17.3 Å². The average molecular weight is 224 g/mol. The Hall–Kier alpha value is -0.960. The first-order valence-electron chi connectivity index (χ1n) is 5.50. The highest BCUT2D eigenvalue weighted by Gasteiger charge is 2.31. The van der Waals surface area contributed by atoms with E-state index in [4.69, 9.17) is 11.6 Å². The maximum absolute atomic E-state index is 5.95. The number of anilines is 2. The van der Waals surface area contributed by atoms with Crippen LogP contribution in [0.4, 0.5) is 11.5 Å². The van der Waals surface area contributed by atoms with E-state index in [1.54, 1.807) is 6.20 Å². The van der Waals surface area contributed by atoms with Crippen molar-refractivity contribution in [3.8, 4) is 0 Å². The van der Waals surface area contributed by atoms with Gasteiger partial charge in [0.25, 0.3) is 0 Å². The summed E-state index contributed by atoms with van der Waals surface area (Å²) < 4.78 is 0. The first-order valence-corrected chi connectivity index (χ1v) is 5.88. The van der Waals surface area contributed by atoms with Crippen molar-refractivity contribution < 1.29 is 0 Å². The Morgan fingerprint density at radius 2 is 2.33 bits per heavy atom. The van der Waals surface area contributed by atoms with Crippen LogP contribution in [0.25, 0.3) is 0 Å². The van der Waals surface area contributed by atoms with Crippen molar-refractivity contribution in [3.63, 3.8) is 0 Å². The Bertz CT molecular complexity index is 376. The lowest BCUT2D eigenvalue weighted by Gasteiger charge is -2.22. The molecule has 80 valence electrons. The largest absolute Gasteiger partial charge is 0.382 e. The molecule has 0 unspecified atom stereocenters. The Kier molecular flexibility index (Phi) is 2.20. The molecule has 1 aliphatic heterocycles. The molecular formula is C11H14ClN3. The molecule has 1 aromatic heterocycles. The fraction of sp³-hybridized carbons (Fsp3) is 0.545. The molecule has 1 aromatic rings. The van der Waals surface area contributed by atoms with Gasteiger partial charge in [-0.2, -0.15) is 0 Å². The van der Waals surface area contributed by atoms with Gasteiger partial charge in [0.2, 0.25) is 0 Å². The van der Waals surface area contributed by atoms with Crippen LogP contribution in [-0.2, 0) is 0 Å². The number of rotatable bonds is 1. The number of aromatic nitrogens is 1. The normalized spacial score (nSPS) is 20.5. The highest BCUT2D eigenvalue weighted by molar-refractivity contribution is 6.30.